The molecule has 0 saturated carbocycles. The molecular weight excluding hydrogens is 392 g/mol. The molecule has 146 valence electrons. The lowest BCUT2D eigenvalue weighted by atomic mass is 9.98. The maximum Gasteiger partial charge on any atom is 0.276 e. The number of carbonyl (C=O) groups is 3. The highest BCUT2D eigenvalue weighted by Crippen LogP contribution is 2.22. The highest BCUT2D eigenvalue weighted by molar-refractivity contribution is 6.32. The third-order valence-corrected chi connectivity index (χ3v) is 4.28. The van der Waals surface area contributed by atoms with Gasteiger partial charge in [-0.2, -0.15) is 0 Å². The van der Waals surface area contributed by atoms with Crippen LogP contribution in [0.25, 0.3) is 0 Å². The molecule has 3 aromatic carbocycles. The van der Waals surface area contributed by atoms with E-state index in [1.807, 2.05) is 0 Å². The maximum absolute atomic E-state index is 12.7. The summed E-state index contributed by atoms with van der Waals surface area (Å²) in [6.45, 7) is -0.339. The number of hydrazine groups is 1. The molecule has 6 nitrogen and oxygen atoms in total. The van der Waals surface area contributed by atoms with Crippen molar-refractivity contribution in [1.82, 2.24) is 10.9 Å². The van der Waals surface area contributed by atoms with Gasteiger partial charge in [0.15, 0.2) is 12.4 Å². The minimum absolute atomic E-state index is 0.147. The van der Waals surface area contributed by atoms with Gasteiger partial charge in [0.25, 0.3) is 11.8 Å². The van der Waals surface area contributed by atoms with Crippen molar-refractivity contribution in [3.63, 3.8) is 0 Å². The number of ketones is 1. The number of para-hydroxylation sites is 1. The molecule has 0 atom stereocenters. The van der Waals surface area contributed by atoms with Gasteiger partial charge in [0.1, 0.15) is 5.75 Å². The number of benzene rings is 3. The molecule has 0 aliphatic carbocycles. The molecule has 29 heavy (non-hydrogen) atoms. The van der Waals surface area contributed by atoms with Gasteiger partial charge in [-0.05, 0) is 18.2 Å². The Kier molecular flexibility index (Phi) is 6.60. The van der Waals surface area contributed by atoms with Gasteiger partial charge in [0.05, 0.1) is 10.6 Å². The predicted molar refractivity (Wildman–Crippen MR) is 109 cm³/mol. The summed E-state index contributed by atoms with van der Waals surface area (Å²) >= 11 is 5.95. The highest BCUT2D eigenvalue weighted by atomic mass is 35.5. The summed E-state index contributed by atoms with van der Waals surface area (Å²) in [5.41, 5.74) is 5.40. The van der Waals surface area contributed by atoms with Crippen LogP contribution in [0.1, 0.15) is 26.3 Å². The first-order chi connectivity index (χ1) is 14.1. The van der Waals surface area contributed by atoms with Crippen molar-refractivity contribution >= 4 is 29.2 Å². The van der Waals surface area contributed by atoms with Gasteiger partial charge in [0.2, 0.25) is 0 Å². The van der Waals surface area contributed by atoms with Gasteiger partial charge in [0, 0.05) is 11.1 Å². The van der Waals surface area contributed by atoms with Gasteiger partial charge in [-0.25, -0.2) is 0 Å². The monoisotopic (exact) mass is 408 g/mol. The van der Waals surface area contributed by atoms with Crippen LogP contribution in [0.2, 0.25) is 5.02 Å². The Morgan fingerprint density at radius 3 is 2.10 bits per heavy atom. The third-order valence-electron chi connectivity index (χ3n) is 3.96. The van der Waals surface area contributed by atoms with Crippen molar-refractivity contribution in [2.24, 2.45) is 0 Å². The predicted octanol–water partition coefficient (Wildman–Crippen LogP) is 3.41. The minimum Gasteiger partial charge on any atom is -0.482 e. The molecule has 0 bridgehead atoms. The largest absolute Gasteiger partial charge is 0.482 e. The summed E-state index contributed by atoms with van der Waals surface area (Å²) in [6.07, 6.45) is 0. The van der Waals surface area contributed by atoms with E-state index in [-0.39, 0.29) is 23.5 Å². The van der Waals surface area contributed by atoms with Crippen LogP contribution < -0.4 is 15.6 Å². The van der Waals surface area contributed by atoms with E-state index in [1.54, 1.807) is 72.8 Å². The fraction of sp³-hybridized carbons (Fsp3) is 0.0455. The standard InChI is InChI=1S/C22H17ClN2O4/c23-18-12-6-7-13-19(18)29-14-20(26)24-25-22(28)17-11-5-4-10-16(17)21(27)15-8-2-1-3-9-15/h1-13H,14H2,(H,24,26)(H,25,28). The molecule has 0 aromatic heterocycles. The molecule has 0 saturated heterocycles. The van der Waals surface area contributed by atoms with Crippen LogP contribution >= 0.6 is 11.6 Å². The molecule has 0 spiro atoms. The van der Waals surface area contributed by atoms with Crippen molar-refractivity contribution in [1.29, 1.82) is 0 Å². The first kappa shape index (κ1) is 20.1. The smallest absolute Gasteiger partial charge is 0.276 e. The number of ether oxygens (including phenoxy) is 1. The van der Waals surface area contributed by atoms with E-state index >= 15 is 0 Å². The SMILES string of the molecule is O=C(COc1ccccc1Cl)NNC(=O)c1ccccc1C(=O)c1ccccc1. The van der Waals surface area contributed by atoms with E-state index in [2.05, 4.69) is 10.9 Å². The first-order valence-electron chi connectivity index (χ1n) is 8.71. The minimum atomic E-state index is -0.615. The fourth-order valence-electron chi connectivity index (χ4n) is 2.56. The van der Waals surface area contributed by atoms with E-state index in [1.165, 1.54) is 6.07 Å². The van der Waals surface area contributed by atoms with Gasteiger partial charge in [-0.3, -0.25) is 25.2 Å². The molecule has 7 heteroatoms. The summed E-state index contributed by atoms with van der Waals surface area (Å²) in [5.74, 6) is -1.12. The van der Waals surface area contributed by atoms with Crippen molar-refractivity contribution in [3.8, 4) is 5.75 Å². The Hall–Kier alpha value is -3.64. The zero-order valence-corrected chi connectivity index (χ0v) is 16.0. The molecular formula is C22H17ClN2O4. The Balaban J connectivity index is 1.62. The molecule has 0 unspecified atom stereocenters. The number of hydrogen-bond donors (Lipinski definition) is 2. The van der Waals surface area contributed by atoms with Crippen LogP contribution in [0.15, 0.2) is 78.9 Å². The molecule has 0 aliphatic heterocycles. The van der Waals surface area contributed by atoms with Crippen LogP contribution in [0, 0.1) is 0 Å². The summed E-state index contributed by atoms with van der Waals surface area (Å²) < 4.78 is 5.31. The summed E-state index contributed by atoms with van der Waals surface area (Å²) in [6, 6.07) is 21.7. The molecule has 3 aromatic rings. The second-order valence-electron chi connectivity index (χ2n) is 5.96. The van der Waals surface area contributed by atoms with Crippen LogP contribution in [0.3, 0.4) is 0 Å². The molecule has 2 N–H and O–H groups in total. The fourth-order valence-corrected chi connectivity index (χ4v) is 2.75. The average molecular weight is 409 g/mol. The summed E-state index contributed by atoms with van der Waals surface area (Å²) in [5, 5.41) is 0.373. The molecule has 3 rings (SSSR count). The molecule has 0 radical (unpaired) electrons. The van der Waals surface area contributed by atoms with Crippen molar-refractivity contribution in [2.75, 3.05) is 6.61 Å². The quantitative estimate of drug-likeness (QED) is 0.483. The average Bonchev–Trinajstić information content (AvgIpc) is 2.77. The van der Waals surface area contributed by atoms with Crippen LogP contribution in [0.4, 0.5) is 0 Å². The lowest BCUT2D eigenvalue weighted by Gasteiger charge is -2.11. The normalized spacial score (nSPS) is 10.1. The van der Waals surface area contributed by atoms with Crippen molar-refractivity contribution in [2.45, 2.75) is 0 Å². The zero-order chi connectivity index (χ0) is 20.6. The van der Waals surface area contributed by atoms with Gasteiger partial charge in [-0.15, -0.1) is 0 Å². The summed E-state index contributed by atoms with van der Waals surface area (Å²) in [7, 11) is 0. The Morgan fingerprint density at radius 2 is 1.38 bits per heavy atom. The number of nitrogens with one attached hydrogen (secondary N) is 2. The van der Waals surface area contributed by atoms with E-state index in [0.29, 0.717) is 16.3 Å². The Labute approximate surface area is 172 Å². The lowest BCUT2D eigenvalue weighted by Crippen LogP contribution is -2.44. The number of carbonyl (C=O) groups excluding carboxylic acids is 3. The second kappa shape index (κ2) is 9.52. The first-order valence-corrected chi connectivity index (χ1v) is 9.09. The van der Waals surface area contributed by atoms with Gasteiger partial charge < -0.3 is 4.74 Å². The molecule has 0 fully saturated rings. The topological polar surface area (TPSA) is 84.5 Å². The number of hydrogen-bond acceptors (Lipinski definition) is 4. The van der Waals surface area contributed by atoms with Crippen LogP contribution in [-0.4, -0.2) is 24.2 Å². The highest BCUT2D eigenvalue weighted by Gasteiger charge is 2.18. The van der Waals surface area contributed by atoms with E-state index in [4.69, 9.17) is 16.3 Å². The summed E-state index contributed by atoms with van der Waals surface area (Å²) in [4.78, 5) is 37.1. The number of halogens is 1. The Bertz CT molecular complexity index is 1040. The second-order valence-corrected chi connectivity index (χ2v) is 6.37. The van der Waals surface area contributed by atoms with Crippen LogP contribution in [0.5, 0.6) is 5.75 Å². The zero-order valence-electron chi connectivity index (χ0n) is 15.2. The van der Waals surface area contributed by atoms with E-state index in [0.717, 1.165) is 0 Å². The number of amides is 2. The van der Waals surface area contributed by atoms with Crippen LogP contribution in [-0.2, 0) is 4.79 Å². The molecule has 2 amide bonds. The lowest BCUT2D eigenvalue weighted by molar-refractivity contribution is -0.123. The van der Waals surface area contributed by atoms with E-state index in [9.17, 15) is 14.4 Å². The number of rotatable bonds is 6. The maximum atomic E-state index is 12.7. The van der Waals surface area contributed by atoms with Gasteiger partial charge >= 0.3 is 0 Å². The van der Waals surface area contributed by atoms with Crippen molar-refractivity contribution < 1.29 is 19.1 Å². The third kappa shape index (κ3) is 5.21. The molecule has 0 aliphatic rings. The Morgan fingerprint density at radius 1 is 0.759 bits per heavy atom. The van der Waals surface area contributed by atoms with E-state index < -0.39 is 11.8 Å². The van der Waals surface area contributed by atoms with Crippen molar-refractivity contribution in [3.05, 3.63) is 101 Å². The molecule has 0 heterocycles. The van der Waals surface area contributed by atoms with Gasteiger partial charge in [-0.1, -0.05) is 72.3 Å².